The normalized spacial score (nSPS) is 14.3. The molecular formula is C92H116N6O6+6. The quantitative estimate of drug-likeness (QED) is 0.0233. The Morgan fingerprint density at radius 1 is 0.269 bits per heavy atom. The Hall–Kier alpha value is -8.28. The minimum absolute atomic E-state index is 0.277. The number of hydrogen-bond acceptors (Lipinski definition) is 6. The van der Waals surface area contributed by atoms with Crippen molar-refractivity contribution in [2.45, 2.75) is 65.0 Å². The zero-order valence-electron chi connectivity index (χ0n) is 65.2. The third-order valence-corrected chi connectivity index (χ3v) is 20.2. The molecule has 21 rings (SSSR count). The number of benzene rings is 10. The van der Waals surface area contributed by atoms with Crippen LogP contribution in [0.4, 0.5) is 0 Å². The fourth-order valence-corrected chi connectivity index (χ4v) is 15.0. The molecule has 11 heterocycles. The summed E-state index contributed by atoms with van der Waals surface area (Å²) in [6.45, 7) is 15.3. The second kappa shape index (κ2) is 34.3. The molecule has 104 heavy (non-hydrogen) atoms. The van der Waals surface area contributed by atoms with Crippen LogP contribution in [-0.4, -0.2) is 231 Å². The molecule has 0 unspecified atom stereocenters. The van der Waals surface area contributed by atoms with Crippen molar-refractivity contribution >= 4 is 64.6 Å². The molecule has 544 valence electrons. The average Bonchev–Trinajstić information content (AvgIpc) is 0.746. The van der Waals surface area contributed by atoms with Crippen molar-refractivity contribution in [3.05, 3.63) is 178 Å². The second-order valence-corrected chi connectivity index (χ2v) is 34.1. The van der Waals surface area contributed by atoms with Gasteiger partial charge < -0.3 is 55.3 Å². The Morgan fingerprint density at radius 2 is 0.481 bits per heavy atom. The third-order valence-electron chi connectivity index (χ3n) is 20.2. The highest BCUT2D eigenvalue weighted by atomic mass is 16.5. The number of nitrogens with zero attached hydrogens (tertiary/aromatic N) is 6. The number of quaternary nitrogens is 6. The molecule has 0 spiro atoms. The summed E-state index contributed by atoms with van der Waals surface area (Å²) in [4.78, 5) is 0. The number of hydrogen-bond donors (Lipinski definition) is 0. The smallest absolute Gasteiger partial charge is 0.120 e. The van der Waals surface area contributed by atoms with E-state index in [4.69, 9.17) is 28.4 Å². The van der Waals surface area contributed by atoms with Gasteiger partial charge in [0.25, 0.3) is 0 Å². The number of ether oxygens (including phenoxy) is 6. The molecule has 0 amide bonds. The minimum atomic E-state index is 0.277. The molecule has 0 N–H and O–H groups in total. The molecule has 11 aliphatic heterocycles. The maximum atomic E-state index is 6.64. The summed E-state index contributed by atoms with van der Waals surface area (Å²) in [6, 6.07) is 47.9. The van der Waals surface area contributed by atoms with Gasteiger partial charge in [0.1, 0.15) is 37.9 Å². The molecule has 0 radical (unpaired) electrons. The molecule has 0 fully saturated rings. The van der Waals surface area contributed by atoms with Crippen molar-refractivity contribution in [1.82, 2.24) is 0 Å². The molecule has 12 nitrogen and oxygen atoms in total. The van der Waals surface area contributed by atoms with Crippen LogP contribution in [-0.2, 0) is 45.4 Å². The average molecular weight is 1400 g/mol. The molecule has 10 aromatic rings. The van der Waals surface area contributed by atoms with Crippen LogP contribution in [0.5, 0.6) is 11.5 Å². The van der Waals surface area contributed by atoms with Crippen LogP contribution in [0.3, 0.4) is 0 Å². The topological polar surface area (TPSA) is 55.4 Å². The van der Waals surface area contributed by atoms with Crippen LogP contribution in [0.2, 0.25) is 0 Å². The van der Waals surface area contributed by atoms with Crippen LogP contribution in [0.15, 0.2) is 133 Å². The van der Waals surface area contributed by atoms with E-state index in [1.54, 1.807) is 0 Å². The summed E-state index contributed by atoms with van der Waals surface area (Å²) >= 11 is 0. The molecule has 12 heteroatoms. The standard InChI is InChI=1S/C92H116N6O6/c1-93(2,3)37-19-41-97(13,42-20-38-94(4,5)6)45-23-51-103-87-63-75-53-76(64-87)68-100-48-16-26-72-57-81-31-35-85-61-74(62-86-36-32-82(58-72)90(81)92(85)86)28-18-50-102-70-78-54-77(65-88(66-78)104-52-24-46-98(14,43-21-39-95(7,8)9)44-22-40-96(10,11)12)69-101-49-17-27-73-59-83-33-29-79-55-71(25-15-47-99-67-75)56-80-30-34-84(60-73)91(83)89(79)80/h29-36,53-66H,19-24,37-52,67-70H2,1-14H3/q+6. The monoisotopic (exact) mass is 1400 g/mol. The molecule has 20 bridgehead atoms. The highest BCUT2D eigenvalue weighted by molar-refractivity contribution is 6.24. The predicted molar refractivity (Wildman–Crippen MR) is 431 cm³/mol. The van der Waals surface area contributed by atoms with Gasteiger partial charge in [-0.1, -0.05) is 108 Å². The Labute approximate surface area is 622 Å². The van der Waals surface area contributed by atoms with Crippen molar-refractivity contribution in [2.24, 2.45) is 0 Å². The van der Waals surface area contributed by atoms with Gasteiger partial charge >= 0.3 is 0 Å². The van der Waals surface area contributed by atoms with Gasteiger partial charge in [0.05, 0.1) is 204 Å². The van der Waals surface area contributed by atoms with Crippen LogP contribution >= 0.6 is 0 Å². The Morgan fingerprint density at radius 3 is 0.692 bits per heavy atom. The summed E-state index contributed by atoms with van der Waals surface area (Å²) < 4.78 is 44.6. The first-order valence-corrected chi connectivity index (χ1v) is 37.8. The predicted octanol–water partition coefficient (Wildman–Crippen LogP) is 14.9. The van der Waals surface area contributed by atoms with Crippen molar-refractivity contribution < 1.29 is 55.3 Å². The minimum Gasteiger partial charge on any atom is -0.493 e. The van der Waals surface area contributed by atoms with E-state index in [0.717, 1.165) is 204 Å². The van der Waals surface area contributed by atoms with E-state index in [9.17, 15) is 0 Å². The molecule has 0 aliphatic carbocycles. The molecule has 0 aromatic heterocycles. The zero-order valence-corrected chi connectivity index (χ0v) is 65.2. The van der Waals surface area contributed by atoms with Crippen molar-refractivity contribution in [1.29, 1.82) is 0 Å². The van der Waals surface area contributed by atoms with E-state index >= 15 is 0 Å². The molecule has 0 saturated heterocycles. The van der Waals surface area contributed by atoms with Gasteiger partial charge in [0, 0.05) is 60.8 Å². The zero-order chi connectivity index (χ0) is 73.5. The summed E-state index contributed by atoms with van der Waals surface area (Å²) in [5.74, 6) is 28.7. The fraction of sp³-hybridized carbons (Fsp3) is 0.435. The van der Waals surface area contributed by atoms with Crippen molar-refractivity contribution in [3.8, 4) is 58.9 Å². The van der Waals surface area contributed by atoms with E-state index < -0.39 is 0 Å². The first-order chi connectivity index (χ1) is 49.6. The maximum Gasteiger partial charge on any atom is 0.120 e. The van der Waals surface area contributed by atoms with Gasteiger partial charge in [0.15, 0.2) is 0 Å². The SMILES string of the molecule is C[N+](C)(C)CCC[N+](C)(CCCOc1cc2cc(c1)COCC#Cc1cc3ccc4cc(cc5ccc(c1)c3c45)C#CCOCc1cc(cc(OCCC[N+](C)(CCC[N+](C)(C)C)CCC[N+](C)(C)C)c1)COCC#Cc1cc3ccc4cc(cc5ccc(c1)c3c45)C#CCOC2)CCC[N+](C)(C)C. The lowest BCUT2D eigenvalue weighted by Crippen LogP contribution is -2.49. The molecule has 11 aliphatic rings. The fourth-order valence-electron chi connectivity index (χ4n) is 15.0. The number of rotatable bonds is 26. The van der Waals surface area contributed by atoms with E-state index in [2.05, 4.69) is 279 Å². The summed E-state index contributed by atoms with van der Waals surface area (Å²) in [6.07, 6.45) is 6.69. The lowest BCUT2D eigenvalue weighted by atomic mass is 9.92. The van der Waals surface area contributed by atoms with E-state index in [1.807, 2.05) is 0 Å². The molecule has 0 saturated carbocycles. The Kier molecular flexibility index (Phi) is 25.3. The summed E-state index contributed by atoms with van der Waals surface area (Å²) in [5, 5.41) is 14.2. The van der Waals surface area contributed by atoms with Crippen molar-refractivity contribution in [3.63, 3.8) is 0 Å². The van der Waals surface area contributed by atoms with Crippen LogP contribution in [0, 0.1) is 47.4 Å². The largest absolute Gasteiger partial charge is 0.493 e. The van der Waals surface area contributed by atoms with E-state index in [1.165, 1.54) is 47.2 Å². The summed E-state index contributed by atoms with van der Waals surface area (Å²) in [7, 11) is 32.4. The first-order valence-electron chi connectivity index (χ1n) is 37.8. The highest BCUT2D eigenvalue weighted by Crippen LogP contribution is 2.38. The van der Waals surface area contributed by atoms with Gasteiger partial charge in [-0.2, -0.15) is 0 Å². The first kappa shape index (κ1) is 76.8. The summed E-state index contributed by atoms with van der Waals surface area (Å²) in [5.41, 5.74) is 7.85. The molecular weight excluding hydrogens is 1290 g/mol. The van der Waals surface area contributed by atoms with Crippen LogP contribution < -0.4 is 9.47 Å². The van der Waals surface area contributed by atoms with E-state index in [-0.39, 0.29) is 26.4 Å². The van der Waals surface area contributed by atoms with Gasteiger partial charge in [-0.05, 0) is 160 Å². The highest BCUT2D eigenvalue weighted by Gasteiger charge is 2.26. The molecule has 10 aromatic carbocycles. The molecule has 0 atom stereocenters. The van der Waals surface area contributed by atoms with Crippen LogP contribution in [0.25, 0.3) is 64.6 Å². The Balaban J connectivity index is 0.818. The van der Waals surface area contributed by atoms with Gasteiger partial charge in [0.2, 0.25) is 0 Å². The van der Waals surface area contributed by atoms with Crippen LogP contribution in [0.1, 0.15) is 83.0 Å². The van der Waals surface area contributed by atoms with Gasteiger partial charge in [-0.3, -0.25) is 0 Å². The van der Waals surface area contributed by atoms with Gasteiger partial charge in [-0.25, -0.2) is 0 Å². The lowest BCUT2D eigenvalue weighted by molar-refractivity contribution is -0.923. The van der Waals surface area contributed by atoms with Gasteiger partial charge in [-0.15, -0.1) is 0 Å². The maximum absolute atomic E-state index is 6.64. The van der Waals surface area contributed by atoms with Crippen molar-refractivity contribution in [2.75, 3.05) is 204 Å². The lowest BCUT2D eigenvalue weighted by Gasteiger charge is -2.36. The Bertz CT molecular complexity index is 4130. The third kappa shape index (κ3) is 22.9. The van der Waals surface area contributed by atoms with E-state index in [0.29, 0.717) is 39.6 Å². The second-order valence-electron chi connectivity index (χ2n) is 34.1.